The van der Waals surface area contributed by atoms with Crippen molar-refractivity contribution in [3.63, 3.8) is 0 Å². The first kappa shape index (κ1) is 7.54. The van der Waals surface area contributed by atoms with Crippen molar-refractivity contribution in [3.05, 3.63) is 0 Å². The van der Waals surface area contributed by atoms with Crippen LogP contribution in [0.5, 0.6) is 0 Å². The Morgan fingerprint density at radius 1 is 1.50 bits per heavy atom. The molecule has 1 fully saturated rings. The smallest absolute Gasteiger partial charge is 0.221 e. The summed E-state index contributed by atoms with van der Waals surface area (Å²) in [6.45, 7) is 2.83. The first-order valence-electron chi connectivity index (χ1n) is 3.74. The van der Waals surface area contributed by atoms with Crippen LogP contribution in [-0.2, 0) is 4.79 Å². The van der Waals surface area contributed by atoms with E-state index in [0.717, 1.165) is 26.1 Å². The lowest BCUT2D eigenvalue weighted by Gasteiger charge is -2.19. The second kappa shape index (κ2) is 3.56. The normalized spacial score (nSPS) is 23.1. The van der Waals surface area contributed by atoms with Crippen molar-refractivity contribution < 1.29 is 4.79 Å². The molecule has 1 N–H and O–H groups in total. The third-order valence-electron chi connectivity index (χ3n) is 1.76. The van der Waals surface area contributed by atoms with Gasteiger partial charge in [0, 0.05) is 19.5 Å². The van der Waals surface area contributed by atoms with E-state index in [0.29, 0.717) is 6.42 Å². The van der Waals surface area contributed by atoms with E-state index in [2.05, 4.69) is 17.3 Å². The fourth-order valence-corrected chi connectivity index (χ4v) is 1.07. The van der Waals surface area contributed by atoms with Crippen LogP contribution < -0.4 is 5.32 Å². The lowest BCUT2D eigenvalue weighted by atomic mass is 10.3. The third-order valence-corrected chi connectivity index (χ3v) is 1.76. The van der Waals surface area contributed by atoms with E-state index in [1.54, 1.807) is 0 Å². The maximum atomic E-state index is 10.8. The summed E-state index contributed by atoms with van der Waals surface area (Å²) in [6.07, 6.45) is 1.72. The monoisotopic (exact) mass is 142 g/mol. The Morgan fingerprint density at radius 3 is 3.10 bits per heavy atom. The number of amides is 1. The Kier molecular flexibility index (Phi) is 2.68. The molecular weight excluding hydrogens is 128 g/mol. The first-order valence-corrected chi connectivity index (χ1v) is 3.74. The maximum absolute atomic E-state index is 10.8. The molecule has 0 radical (unpaired) electrons. The highest BCUT2D eigenvalue weighted by Gasteiger charge is 2.06. The summed E-state index contributed by atoms with van der Waals surface area (Å²) in [7, 11) is 2.05. The molecule has 1 saturated heterocycles. The number of nitrogens with one attached hydrogen (secondary N) is 1. The Balaban J connectivity index is 2.29. The van der Waals surface area contributed by atoms with Gasteiger partial charge in [0.2, 0.25) is 5.91 Å². The SMILES string of the molecule is CN1CCCNC(=O)CC1. The zero-order chi connectivity index (χ0) is 7.40. The van der Waals surface area contributed by atoms with Gasteiger partial charge in [-0.3, -0.25) is 4.79 Å². The zero-order valence-corrected chi connectivity index (χ0v) is 6.39. The highest BCUT2D eigenvalue weighted by Crippen LogP contribution is 1.93. The second-order valence-corrected chi connectivity index (χ2v) is 2.76. The van der Waals surface area contributed by atoms with Gasteiger partial charge in [-0.15, -0.1) is 0 Å². The molecule has 1 rings (SSSR count). The van der Waals surface area contributed by atoms with Gasteiger partial charge in [-0.25, -0.2) is 0 Å². The molecule has 0 aromatic rings. The van der Waals surface area contributed by atoms with Gasteiger partial charge in [0.1, 0.15) is 0 Å². The van der Waals surface area contributed by atoms with Gasteiger partial charge in [-0.05, 0) is 20.0 Å². The van der Waals surface area contributed by atoms with Crippen molar-refractivity contribution in [2.75, 3.05) is 26.7 Å². The van der Waals surface area contributed by atoms with Gasteiger partial charge in [-0.1, -0.05) is 0 Å². The van der Waals surface area contributed by atoms with E-state index in [1.807, 2.05) is 0 Å². The number of rotatable bonds is 0. The molecule has 1 heterocycles. The molecule has 0 aromatic carbocycles. The molecule has 58 valence electrons. The standard InChI is InChI=1S/C7H14N2O/c1-9-5-2-4-8-7(10)3-6-9/h2-6H2,1H3,(H,8,10). The van der Waals surface area contributed by atoms with E-state index in [1.165, 1.54) is 0 Å². The van der Waals surface area contributed by atoms with E-state index in [-0.39, 0.29) is 5.91 Å². The minimum absolute atomic E-state index is 0.187. The summed E-state index contributed by atoms with van der Waals surface area (Å²) in [4.78, 5) is 13.0. The van der Waals surface area contributed by atoms with Crippen molar-refractivity contribution in [1.82, 2.24) is 10.2 Å². The molecule has 0 saturated carbocycles. The van der Waals surface area contributed by atoms with Gasteiger partial charge in [0.25, 0.3) is 0 Å². The lowest BCUT2D eigenvalue weighted by molar-refractivity contribution is -0.121. The van der Waals surface area contributed by atoms with Crippen molar-refractivity contribution in [3.8, 4) is 0 Å². The van der Waals surface area contributed by atoms with Crippen LogP contribution >= 0.6 is 0 Å². The number of hydrogen-bond donors (Lipinski definition) is 1. The van der Waals surface area contributed by atoms with Crippen LogP contribution in [0.4, 0.5) is 0 Å². The van der Waals surface area contributed by atoms with E-state index in [4.69, 9.17) is 0 Å². The van der Waals surface area contributed by atoms with Crippen LogP contribution in [0.25, 0.3) is 0 Å². The third kappa shape index (κ3) is 2.35. The van der Waals surface area contributed by atoms with E-state index >= 15 is 0 Å². The first-order chi connectivity index (χ1) is 4.79. The van der Waals surface area contributed by atoms with Crippen LogP contribution in [0.2, 0.25) is 0 Å². The van der Waals surface area contributed by atoms with Crippen molar-refractivity contribution >= 4 is 5.91 Å². The molecule has 1 amide bonds. The summed E-state index contributed by atoms with van der Waals surface area (Å²) >= 11 is 0. The Labute approximate surface area is 61.4 Å². The largest absolute Gasteiger partial charge is 0.356 e. The van der Waals surface area contributed by atoms with Crippen molar-refractivity contribution in [1.29, 1.82) is 0 Å². The van der Waals surface area contributed by atoms with Crippen LogP contribution in [0.1, 0.15) is 12.8 Å². The zero-order valence-electron chi connectivity index (χ0n) is 6.39. The molecule has 1 aliphatic heterocycles. The molecule has 3 heteroatoms. The van der Waals surface area contributed by atoms with Gasteiger partial charge in [-0.2, -0.15) is 0 Å². The fraction of sp³-hybridized carbons (Fsp3) is 0.857. The van der Waals surface area contributed by atoms with Crippen LogP contribution in [-0.4, -0.2) is 37.5 Å². The van der Waals surface area contributed by atoms with Crippen LogP contribution in [0.3, 0.4) is 0 Å². The molecule has 0 bridgehead atoms. The number of carbonyl (C=O) groups excluding carboxylic acids is 1. The Bertz CT molecular complexity index is 125. The second-order valence-electron chi connectivity index (χ2n) is 2.76. The van der Waals surface area contributed by atoms with E-state index in [9.17, 15) is 4.79 Å². The maximum Gasteiger partial charge on any atom is 0.221 e. The predicted molar refractivity (Wildman–Crippen MR) is 39.7 cm³/mol. The van der Waals surface area contributed by atoms with E-state index < -0.39 is 0 Å². The Morgan fingerprint density at radius 2 is 2.30 bits per heavy atom. The summed E-state index contributed by atoms with van der Waals surface area (Å²) in [5.41, 5.74) is 0. The van der Waals surface area contributed by atoms with Gasteiger partial charge < -0.3 is 10.2 Å². The molecule has 10 heavy (non-hydrogen) atoms. The highest BCUT2D eigenvalue weighted by molar-refractivity contribution is 5.76. The lowest BCUT2D eigenvalue weighted by Crippen LogP contribution is -2.34. The summed E-state index contributed by atoms with van der Waals surface area (Å²) in [6, 6.07) is 0. The molecule has 0 aliphatic carbocycles. The molecular formula is C7H14N2O. The molecule has 0 spiro atoms. The molecule has 1 aliphatic rings. The number of nitrogens with zero attached hydrogens (tertiary/aromatic N) is 1. The quantitative estimate of drug-likeness (QED) is 0.509. The minimum Gasteiger partial charge on any atom is -0.356 e. The summed E-state index contributed by atoms with van der Waals surface area (Å²) in [5.74, 6) is 0.187. The average Bonchev–Trinajstić information content (AvgIpc) is 1.90. The van der Waals surface area contributed by atoms with Crippen LogP contribution in [0, 0.1) is 0 Å². The molecule has 0 atom stereocenters. The molecule has 0 unspecified atom stereocenters. The van der Waals surface area contributed by atoms with Gasteiger partial charge >= 0.3 is 0 Å². The highest BCUT2D eigenvalue weighted by atomic mass is 16.1. The fourth-order valence-electron chi connectivity index (χ4n) is 1.07. The topological polar surface area (TPSA) is 32.3 Å². The summed E-state index contributed by atoms with van der Waals surface area (Å²) in [5, 5.41) is 2.84. The van der Waals surface area contributed by atoms with Gasteiger partial charge in [0.05, 0.1) is 0 Å². The van der Waals surface area contributed by atoms with Crippen molar-refractivity contribution in [2.24, 2.45) is 0 Å². The molecule has 3 nitrogen and oxygen atoms in total. The van der Waals surface area contributed by atoms with Crippen molar-refractivity contribution in [2.45, 2.75) is 12.8 Å². The minimum atomic E-state index is 0.187. The Hall–Kier alpha value is -0.570. The number of hydrogen-bond acceptors (Lipinski definition) is 2. The van der Waals surface area contributed by atoms with Crippen LogP contribution in [0.15, 0.2) is 0 Å². The molecule has 0 aromatic heterocycles. The average molecular weight is 142 g/mol. The number of carbonyl (C=O) groups is 1. The summed E-state index contributed by atoms with van der Waals surface area (Å²) < 4.78 is 0. The predicted octanol–water partition coefficient (Wildman–Crippen LogP) is -0.172. The van der Waals surface area contributed by atoms with Gasteiger partial charge in [0.15, 0.2) is 0 Å².